The summed E-state index contributed by atoms with van der Waals surface area (Å²) in [5.41, 5.74) is 6.32. The third-order valence-electron chi connectivity index (χ3n) is 7.72. The van der Waals surface area contributed by atoms with E-state index in [4.69, 9.17) is 9.97 Å². The van der Waals surface area contributed by atoms with Gasteiger partial charge in [-0.15, -0.1) is 0 Å². The number of pyridine rings is 2. The largest absolute Gasteiger partial charge is 0.342 e. The minimum absolute atomic E-state index is 0.266. The summed E-state index contributed by atoms with van der Waals surface area (Å²) in [5, 5.41) is 4.42. The van der Waals surface area contributed by atoms with Crippen molar-refractivity contribution in [3.8, 4) is 0 Å². The quantitative estimate of drug-likeness (QED) is 0.376. The lowest BCUT2D eigenvalue weighted by Crippen LogP contribution is -2.45. The molecule has 36 heavy (non-hydrogen) atoms. The molecule has 1 aromatic carbocycles. The Kier molecular flexibility index (Phi) is 5.14. The van der Waals surface area contributed by atoms with E-state index in [1.54, 1.807) is 30.4 Å². The Morgan fingerprint density at radius 3 is 2.78 bits per heavy atom. The van der Waals surface area contributed by atoms with Crippen LogP contribution in [0.5, 0.6) is 0 Å². The van der Waals surface area contributed by atoms with Crippen molar-refractivity contribution < 1.29 is 0 Å². The van der Waals surface area contributed by atoms with Crippen LogP contribution >= 0.6 is 11.8 Å². The van der Waals surface area contributed by atoms with Crippen LogP contribution in [0.1, 0.15) is 30.0 Å². The fraction of sp³-hybridized carbons (Fsp3) is 0.296. The molecule has 7 rings (SSSR count). The van der Waals surface area contributed by atoms with Crippen molar-refractivity contribution >= 4 is 40.0 Å². The smallest absolute Gasteiger partial charge is 0.206 e. The van der Waals surface area contributed by atoms with Crippen LogP contribution in [0, 0.1) is 5.41 Å². The first-order valence-corrected chi connectivity index (χ1v) is 13.1. The van der Waals surface area contributed by atoms with Gasteiger partial charge >= 0.3 is 0 Å². The molecule has 0 radical (unpaired) electrons. The van der Waals surface area contributed by atoms with E-state index in [-0.39, 0.29) is 5.41 Å². The zero-order chi connectivity index (χ0) is 24.1. The molecule has 9 heteroatoms. The van der Waals surface area contributed by atoms with E-state index < -0.39 is 0 Å². The second-order valence-corrected chi connectivity index (χ2v) is 10.7. The standard InChI is InChI=1S/C27H26N8S/c1-28-23-18-6-3-2-5-17(18)15-27(23)9-13-35(14-10-27)26-33-24-25(34-26)32-21(16-31-24)36-20-8-12-29-19-7-4-11-30-22(19)20/h2-8,11-12,16,23,28H,9-10,13-15H2,1H3,(H,31,32,33,34). The van der Waals surface area contributed by atoms with Crippen LogP contribution in [0.25, 0.3) is 22.3 Å². The summed E-state index contributed by atoms with van der Waals surface area (Å²) in [6, 6.07) is 15.1. The average molecular weight is 495 g/mol. The van der Waals surface area contributed by atoms with Gasteiger partial charge in [-0.05, 0) is 61.1 Å². The molecule has 5 heterocycles. The molecule has 2 aliphatic rings. The maximum atomic E-state index is 4.81. The maximum Gasteiger partial charge on any atom is 0.206 e. The highest BCUT2D eigenvalue weighted by molar-refractivity contribution is 7.99. The van der Waals surface area contributed by atoms with E-state index in [1.165, 1.54) is 11.1 Å². The number of aromatic amines is 1. The highest BCUT2D eigenvalue weighted by Gasteiger charge is 2.47. The Bertz CT molecular complexity index is 1570. The van der Waals surface area contributed by atoms with E-state index in [0.717, 1.165) is 59.3 Å². The van der Waals surface area contributed by atoms with Gasteiger partial charge in [0, 0.05) is 36.4 Å². The number of aromatic nitrogens is 6. The molecule has 2 N–H and O–H groups in total. The lowest BCUT2D eigenvalue weighted by atomic mass is 9.73. The normalized spacial score (nSPS) is 18.8. The Hall–Kier alpha value is -3.56. The topological polar surface area (TPSA) is 95.5 Å². The van der Waals surface area contributed by atoms with Crippen LogP contribution in [0.3, 0.4) is 0 Å². The van der Waals surface area contributed by atoms with Gasteiger partial charge in [-0.3, -0.25) is 9.97 Å². The van der Waals surface area contributed by atoms with E-state index in [1.807, 2.05) is 18.2 Å². The Labute approximate surface area is 213 Å². The highest BCUT2D eigenvalue weighted by atomic mass is 32.2. The van der Waals surface area contributed by atoms with Gasteiger partial charge in [0.25, 0.3) is 0 Å². The van der Waals surface area contributed by atoms with Crippen LogP contribution in [-0.2, 0) is 6.42 Å². The van der Waals surface area contributed by atoms with Gasteiger partial charge in [0.1, 0.15) is 10.5 Å². The monoisotopic (exact) mass is 494 g/mol. The van der Waals surface area contributed by atoms with E-state index in [0.29, 0.717) is 17.3 Å². The van der Waals surface area contributed by atoms with Crippen molar-refractivity contribution in [2.24, 2.45) is 5.41 Å². The summed E-state index contributed by atoms with van der Waals surface area (Å²) in [7, 11) is 2.10. The maximum absolute atomic E-state index is 4.81. The number of H-pyrrole nitrogens is 1. The summed E-state index contributed by atoms with van der Waals surface area (Å²) in [4.78, 5) is 29.9. The number of nitrogens with zero attached hydrogens (tertiary/aromatic N) is 6. The predicted molar refractivity (Wildman–Crippen MR) is 141 cm³/mol. The predicted octanol–water partition coefficient (Wildman–Crippen LogP) is 4.55. The van der Waals surface area contributed by atoms with E-state index in [9.17, 15) is 0 Å². The molecule has 1 aliphatic heterocycles. The van der Waals surface area contributed by atoms with E-state index in [2.05, 4.69) is 61.5 Å². The van der Waals surface area contributed by atoms with Crippen molar-refractivity contribution in [3.05, 3.63) is 72.2 Å². The first-order valence-electron chi connectivity index (χ1n) is 12.3. The van der Waals surface area contributed by atoms with Gasteiger partial charge in [-0.2, -0.15) is 4.98 Å². The molecule has 0 saturated carbocycles. The van der Waals surface area contributed by atoms with Crippen molar-refractivity contribution in [1.82, 2.24) is 35.2 Å². The van der Waals surface area contributed by atoms with E-state index >= 15 is 0 Å². The Morgan fingerprint density at radius 2 is 1.89 bits per heavy atom. The van der Waals surface area contributed by atoms with Crippen molar-refractivity contribution in [1.29, 1.82) is 0 Å². The number of imidazole rings is 1. The first kappa shape index (κ1) is 21.7. The minimum Gasteiger partial charge on any atom is -0.342 e. The number of fused-ring (bicyclic) bond motifs is 3. The summed E-state index contributed by atoms with van der Waals surface area (Å²) in [5.74, 6) is 0.856. The summed E-state index contributed by atoms with van der Waals surface area (Å²) < 4.78 is 0. The zero-order valence-corrected chi connectivity index (χ0v) is 20.8. The number of hydrogen-bond donors (Lipinski definition) is 2. The SMILES string of the molecule is CNC1c2ccccc2CC12CCN(c1nc3ncc(Sc4ccnc5cccnc45)nc3[nH]1)CC2. The molecule has 1 unspecified atom stereocenters. The van der Waals surface area contributed by atoms with Gasteiger partial charge in [0.2, 0.25) is 5.95 Å². The number of nitrogens with one attached hydrogen (secondary N) is 2. The highest BCUT2D eigenvalue weighted by Crippen LogP contribution is 2.52. The fourth-order valence-electron chi connectivity index (χ4n) is 5.99. The second-order valence-electron chi connectivity index (χ2n) is 9.67. The van der Waals surface area contributed by atoms with Gasteiger partial charge in [-0.1, -0.05) is 36.0 Å². The number of benzene rings is 1. The first-order chi connectivity index (χ1) is 17.7. The molecule has 1 atom stereocenters. The molecule has 1 spiro atoms. The number of rotatable bonds is 4. The van der Waals surface area contributed by atoms with Gasteiger partial charge < -0.3 is 15.2 Å². The number of hydrogen-bond acceptors (Lipinski definition) is 8. The minimum atomic E-state index is 0.266. The average Bonchev–Trinajstić information content (AvgIpc) is 3.47. The molecular formula is C27H26N8S. The lowest BCUT2D eigenvalue weighted by Gasteiger charge is -2.43. The van der Waals surface area contributed by atoms with Crippen LogP contribution in [0.4, 0.5) is 5.95 Å². The van der Waals surface area contributed by atoms with Gasteiger partial charge in [0.15, 0.2) is 11.3 Å². The van der Waals surface area contributed by atoms with Crippen LogP contribution in [0.2, 0.25) is 0 Å². The third kappa shape index (κ3) is 3.53. The number of piperidine rings is 1. The molecule has 0 amide bonds. The molecule has 1 fully saturated rings. The Morgan fingerprint density at radius 1 is 1.00 bits per heavy atom. The van der Waals surface area contributed by atoms with Gasteiger partial charge in [0.05, 0.1) is 11.7 Å². The zero-order valence-electron chi connectivity index (χ0n) is 20.0. The number of anilines is 1. The van der Waals surface area contributed by atoms with Crippen molar-refractivity contribution in [2.45, 2.75) is 35.2 Å². The van der Waals surface area contributed by atoms with Crippen LogP contribution in [-0.4, -0.2) is 50.0 Å². The van der Waals surface area contributed by atoms with Gasteiger partial charge in [-0.25, -0.2) is 9.97 Å². The molecule has 1 aliphatic carbocycles. The fourth-order valence-corrected chi connectivity index (χ4v) is 6.84. The summed E-state index contributed by atoms with van der Waals surface area (Å²) in [6.45, 7) is 1.92. The summed E-state index contributed by atoms with van der Waals surface area (Å²) >= 11 is 1.54. The second kappa shape index (κ2) is 8.53. The lowest BCUT2D eigenvalue weighted by molar-refractivity contribution is 0.166. The molecule has 0 bridgehead atoms. The molecule has 1 saturated heterocycles. The van der Waals surface area contributed by atoms with Crippen molar-refractivity contribution in [2.75, 3.05) is 25.0 Å². The molecule has 5 aromatic rings. The molecule has 4 aromatic heterocycles. The third-order valence-corrected chi connectivity index (χ3v) is 8.67. The van der Waals surface area contributed by atoms with Crippen LogP contribution in [0.15, 0.2) is 71.0 Å². The van der Waals surface area contributed by atoms with Crippen LogP contribution < -0.4 is 10.2 Å². The Balaban J connectivity index is 1.11. The molecular weight excluding hydrogens is 468 g/mol. The summed E-state index contributed by atoms with van der Waals surface area (Å²) in [6.07, 6.45) is 8.76. The van der Waals surface area contributed by atoms with Crippen molar-refractivity contribution in [3.63, 3.8) is 0 Å². The molecule has 180 valence electrons. The molecule has 8 nitrogen and oxygen atoms in total.